The van der Waals surface area contributed by atoms with Gasteiger partial charge in [-0.1, -0.05) is 32.0 Å². The summed E-state index contributed by atoms with van der Waals surface area (Å²) in [5, 5.41) is 0. The first-order chi connectivity index (χ1) is 14.6. The van der Waals surface area contributed by atoms with Crippen LogP contribution in [0.3, 0.4) is 0 Å². The molecule has 0 aliphatic rings. The van der Waals surface area contributed by atoms with E-state index in [9.17, 15) is 18.0 Å². The molecule has 0 aromatic heterocycles. The van der Waals surface area contributed by atoms with E-state index >= 15 is 0 Å². The second-order valence-electron chi connectivity index (χ2n) is 7.33. The summed E-state index contributed by atoms with van der Waals surface area (Å²) in [4.78, 5) is 28.4. The molecule has 0 saturated heterocycles. The lowest BCUT2D eigenvalue weighted by Crippen LogP contribution is -2.32. The zero-order chi connectivity index (χ0) is 23.2. The minimum absolute atomic E-state index is 0.0822. The quantitative estimate of drug-likeness (QED) is 0.594. The molecule has 0 unspecified atom stereocenters. The molecule has 0 heterocycles. The first kappa shape index (κ1) is 24.6. The molecular formula is C23H31N3O4S. The topological polar surface area (TPSA) is 78.0 Å². The molecule has 0 radical (unpaired) electrons. The zero-order valence-corrected chi connectivity index (χ0v) is 19.6. The highest BCUT2D eigenvalue weighted by Gasteiger charge is 2.23. The molecule has 0 bridgehead atoms. The van der Waals surface area contributed by atoms with E-state index in [0.717, 1.165) is 5.56 Å². The van der Waals surface area contributed by atoms with Crippen molar-refractivity contribution in [2.75, 3.05) is 33.7 Å². The second-order valence-corrected chi connectivity index (χ2v) is 9.27. The number of benzene rings is 2. The number of carbonyl (C=O) groups excluding carboxylic acids is 2. The van der Waals surface area contributed by atoms with E-state index in [2.05, 4.69) is 0 Å². The Morgan fingerprint density at radius 3 is 1.94 bits per heavy atom. The fraction of sp³-hybridized carbons (Fsp3) is 0.391. The Bertz CT molecular complexity index is 1010. The maximum atomic E-state index is 13.1. The molecule has 31 heavy (non-hydrogen) atoms. The van der Waals surface area contributed by atoms with Crippen molar-refractivity contribution in [2.24, 2.45) is 0 Å². The van der Waals surface area contributed by atoms with Gasteiger partial charge in [-0.3, -0.25) is 9.59 Å². The lowest BCUT2D eigenvalue weighted by molar-refractivity contribution is 0.0751. The Morgan fingerprint density at radius 1 is 0.806 bits per heavy atom. The molecule has 0 aliphatic heterocycles. The predicted molar refractivity (Wildman–Crippen MR) is 121 cm³/mol. The van der Waals surface area contributed by atoms with Crippen molar-refractivity contribution >= 4 is 21.8 Å². The van der Waals surface area contributed by atoms with Gasteiger partial charge < -0.3 is 9.80 Å². The fourth-order valence-corrected chi connectivity index (χ4v) is 4.75. The van der Waals surface area contributed by atoms with Crippen molar-refractivity contribution in [3.63, 3.8) is 0 Å². The minimum Gasteiger partial charge on any atom is -0.345 e. The lowest BCUT2D eigenvalue weighted by atomic mass is 10.1. The van der Waals surface area contributed by atoms with Crippen LogP contribution in [-0.2, 0) is 16.6 Å². The van der Waals surface area contributed by atoms with Crippen molar-refractivity contribution in [1.29, 1.82) is 0 Å². The van der Waals surface area contributed by atoms with Gasteiger partial charge in [-0.25, -0.2) is 8.42 Å². The third-order valence-electron chi connectivity index (χ3n) is 5.07. The van der Waals surface area contributed by atoms with Gasteiger partial charge in [0.05, 0.1) is 4.90 Å². The van der Waals surface area contributed by atoms with Crippen molar-refractivity contribution in [2.45, 2.75) is 32.2 Å². The molecule has 0 atom stereocenters. The number of sulfonamides is 1. The van der Waals surface area contributed by atoms with E-state index in [-0.39, 0.29) is 16.7 Å². The molecule has 0 fully saturated rings. The normalized spacial score (nSPS) is 11.4. The average Bonchev–Trinajstić information content (AvgIpc) is 2.77. The number of hydrogen-bond donors (Lipinski definition) is 0. The zero-order valence-electron chi connectivity index (χ0n) is 18.8. The van der Waals surface area contributed by atoms with Crippen LogP contribution in [0.1, 0.15) is 47.1 Å². The number of rotatable bonds is 9. The molecule has 2 rings (SSSR count). The molecule has 2 amide bonds. The van der Waals surface area contributed by atoms with Crippen LogP contribution >= 0.6 is 0 Å². The van der Waals surface area contributed by atoms with Gasteiger partial charge in [0.25, 0.3) is 11.8 Å². The van der Waals surface area contributed by atoms with Crippen LogP contribution in [0, 0.1) is 0 Å². The largest absolute Gasteiger partial charge is 0.345 e. The summed E-state index contributed by atoms with van der Waals surface area (Å²) in [6, 6.07) is 13.3. The van der Waals surface area contributed by atoms with Crippen molar-refractivity contribution < 1.29 is 18.0 Å². The Kier molecular flexibility index (Phi) is 8.36. The summed E-state index contributed by atoms with van der Waals surface area (Å²) in [7, 11) is -0.248. The van der Waals surface area contributed by atoms with Crippen LogP contribution in [0.15, 0.2) is 53.4 Å². The Hall–Kier alpha value is -2.71. The van der Waals surface area contributed by atoms with Gasteiger partial charge in [-0.15, -0.1) is 0 Å². The summed E-state index contributed by atoms with van der Waals surface area (Å²) in [5.41, 5.74) is 1.80. The molecule has 2 aromatic rings. The highest BCUT2D eigenvalue weighted by molar-refractivity contribution is 7.89. The summed E-state index contributed by atoms with van der Waals surface area (Å²) in [6.45, 7) is 6.99. The standard InChI is InChI=1S/C23H31N3O4S/c1-6-25(17-18-12-14-19(15-13-18)22(27)24(4)5)23(28)20-10-9-11-21(16-20)31(29,30)26(7-2)8-3/h9-16H,6-8,17H2,1-5H3. The first-order valence-electron chi connectivity index (χ1n) is 10.4. The Balaban J connectivity index is 2.24. The van der Waals surface area contributed by atoms with Gasteiger partial charge in [0.2, 0.25) is 10.0 Å². The highest BCUT2D eigenvalue weighted by atomic mass is 32.2. The van der Waals surface area contributed by atoms with Crippen LogP contribution in [0.4, 0.5) is 0 Å². The van der Waals surface area contributed by atoms with Gasteiger partial charge in [-0.05, 0) is 42.8 Å². The summed E-state index contributed by atoms with van der Waals surface area (Å²) < 4.78 is 27.0. The van der Waals surface area contributed by atoms with E-state index in [0.29, 0.717) is 37.3 Å². The maximum Gasteiger partial charge on any atom is 0.254 e. The molecule has 8 heteroatoms. The molecule has 0 N–H and O–H groups in total. The summed E-state index contributed by atoms with van der Waals surface area (Å²) in [5.74, 6) is -0.325. The third kappa shape index (κ3) is 5.71. The van der Waals surface area contributed by atoms with Crippen molar-refractivity contribution in [3.8, 4) is 0 Å². The number of hydrogen-bond acceptors (Lipinski definition) is 4. The maximum absolute atomic E-state index is 13.1. The summed E-state index contributed by atoms with van der Waals surface area (Å²) in [6.07, 6.45) is 0. The average molecular weight is 446 g/mol. The molecule has 7 nitrogen and oxygen atoms in total. The second kappa shape index (κ2) is 10.5. The number of nitrogens with zero attached hydrogens (tertiary/aromatic N) is 3. The first-order valence-corrected chi connectivity index (χ1v) is 11.8. The van der Waals surface area contributed by atoms with Crippen molar-refractivity contribution in [1.82, 2.24) is 14.1 Å². The predicted octanol–water partition coefficient (Wildman–Crippen LogP) is 3.08. The number of amides is 2. The van der Waals surface area contributed by atoms with Crippen LogP contribution in [0.25, 0.3) is 0 Å². The Morgan fingerprint density at radius 2 is 1.42 bits per heavy atom. The molecule has 0 aliphatic carbocycles. The fourth-order valence-electron chi connectivity index (χ4n) is 3.24. The number of carbonyl (C=O) groups is 2. The van der Waals surface area contributed by atoms with E-state index in [1.807, 2.05) is 19.1 Å². The Labute approximate surface area is 185 Å². The van der Waals surface area contributed by atoms with Gasteiger partial charge >= 0.3 is 0 Å². The third-order valence-corrected chi connectivity index (χ3v) is 7.12. The molecule has 2 aromatic carbocycles. The monoisotopic (exact) mass is 445 g/mol. The van der Waals surface area contributed by atoms with E-state index < -0.39 is 10.0 Å². The van der Waals surface area contributed by atoms with Crippen LogP contribution in [0.5, 0.6) is 0 Å². The van der Waals surface area contributed by atoms with E-state index in [1.165, 1.54) is 21.3 Å². The molecular weight excluding hydrogens is 414 g/mol. The van der Waals surface area contributed by atoms with Crippen LogP contribution < -0.4 is 0 Å². The summed E-state index contributed by atoms with van der Waals surface area (Å²) >= 11 is 0. The van der Waals surface area contributed by atoms with Crippen LogP contribution in [0.2, 0.25) is 0 Å². The van der Waals surface area contributed by atoms with Gasteiger partial charge in [0.1, 0.15) is 0 Å². The lowest BCUT2D eigenvalue weighted by Gasteiger charge is -2.22. The SMILES string of the molecule is CCN(Cc1ccc(C(=O)N(C)C)cc1)C(=O)c1cccc(S(=O)(=O)N(CC)CC)c1. The van der Waals surface area contributed by atoms with Gasteiger partial charge in [-0.2, -0.15) is 4.31 Å². The van der Waals surface area contributed by atoms with Crippen molar-refractivity contribution in [3.05, 3.63) is 65.2 Å². The van der Waals surface area contributed by atoms with Gasteiger partial charge in [0, 0.05) is 51.4 Å². The highest BCUT2D eigenvalue weighted by Crippen LogP contribution is 2.19. The molecule has 0 spiro atoms. The van der Waals surface area contributed by atoms with Crippen LogP contribution in [-0.4, -0.2) is 68.1 Å². The minimum atomic E-state index is -3.64. The van der Waals surface area contributed by atoms with E-state index in [1.54, 1.807) is 57.1 Å². The molecule has 168 valence electrons. The van der Waals surface area contributed by atoms with Gasteiger partial charge in [0.15, 0.2) is 0 Å². The molecule has 0 saturated carbocycles. The smallest absolute Gasteiger partial charge is 0.254 e. The van der Waals surface area contributed by atoms with E-state index in [4.69, 9.17) is 0 Å².